The number of hydrogen-bond acceptors (Lipinski definition) is 4. The van der Waals surface area contributed by atoms with E-state index in [2.05, 4.69) is 43.5 Å². The quantitative estimate of drug-likeness (QED) is 0.0363. The van der Waals surface area contributed by atoms with Gasteiger partial charge in [-0.05, 0) is 51.4 Å². The smallest absolute Gasteiger partial charge is 0.220 e. The van der Waals surface area contributed by atoms with E-state index in [0.717, 1.165) is 44.9 Å². The number of hydrogen-bond donors (Lipinski definition) is 4. The van der Waals surface area contributed by atoms with E-state index in [9.17, 15) is 20.1 Å². The molecule has 0 saturated heterocycles. The highest BCUT2D eigenvalue weighted by Crippen LogP contribution is 2.17. The molecule has 1 amide bonds. The summed E-state index contributed by atoms with van der Waals surface area (Å²) in [4.78, 5) is 12.5. The molecule has 0 aromatic rings. The molecule has 0 bridgehead atoms. The summed E-state index contributed by atoms with van der Waals surface area (Å²) in [5, 5.41) is 33.7. The summed E-state index contributed by atoms with van der Waals surface area (Å²) in [6, 6.07) is -0.829. The van der Waals surface area contributed by atoms with Gasteiger partial charge in [0.15, 0.2) is 0 Å². The molecule has 0 fully saturated rings. The van der Waals surface area contributed by atoms with Crippen molar-refractivity contribution >= 4 is 5.91 Å². The molecule has 0 aromatic heterocycles. The number of aliphatic hydroxyl groups is 3. The lowest BCUT2D eigenvalue weighted by molar-refractivity contribution is -0.124. The molecule has 0 saturated carbocycles. The number of carbonyl (C=O) groups is 1. The highest BCUT2D eigenvalue weighted by molar-refractivity contribution is 5.76. The Morgan fingerprint density at radius 1 is 0.407 bits per heavy atom. The molecule has 3 atom stereocenters. The van der Waals surface area contributed by atoms with Crippen LogP contribution >= 0.6 is 0 Å². The maximum Gasteiger partial charge on any atom is 0.220 e. The number of amides is 1. The van der Waals surface area contributed by atoms with Crippen molar-refractivity contribution < 1.29 is 20.1 Å². The first kappa shape index (κ1) is 57.8. The van der Waals surface area contributed by atoms with Crippen LogP contribution in [0, 0.1) is 0 Å². The Balaban J connectivity index is 3.58. The predicted molar refractivity (Wildman–Crippen MR) is 259 cm³/mol. The highest BCUT2D eigenvalue weighted by atomic mass is 16.3. The van der Waals surface area contributed by atoms with Crippen LogP contribution in [0.25, 0.3) is 0 Å². The molecule has 5 nitrogen and oxygen atoms in total. The van der Waals surface area contributed by atoms with Gasteiger partial charge in [-0.2, -0.15) is 0 Å². The van der Waals surface area contributed by atoms with Gasteiger partial charge in [0.1, 0.15) is 6.10 Å². The van der Waals surface area contributed by atoms with Gasteiger partial charge >= 0.3 is 0 Å². The van der Waals surface area contributed by atoms with Crippen LogP contribution in [0.15, 0.2) is 24.3 Å². The van der Waals surface area contributed by atoms with E-state index in [1.807, 2.05) is 0 Å². The zero-order valence-corrected chi connectivity index (χ0v) is 39.9. The third-order valence-electron chi connectivity index (χ3n) is 12.5. The fourth-order valence-corrected chi connectivity index (χ4v) is 8.42. The molecular formula is C54H105NO4. The molecule has 3 unspecified atom stereocenters. The molecule has 0 aliphatic rings. The van der Waals surface area contributed by atoms with Crippen LogP contribution in [0.5, 0.6) is 0 Å². The van der Waals surface area contributed by atoms with Gasteiger partial charge < -0.3 is 20.6 Å². The van der Waals surface area contributed by atoms with E-state index in [0.29, 0.717) is 12.8 Å². The first-order valence-electron chi connectivity index (χ1n) is 26.6. The summed E-state index contributed by atoms with van der Waals surface area (Å²) in [6.07, 6.45) is 61.8. The van der Waals surface area contributed by atoms with Gasteiger partial charge in [-0.15, -0.1) is 0 Å². The summed E-state index contributed by atoms with van der Waals surface area (Å²) < 4.78 is 0. The van der Waals surface area contributed by atoms with Gasteiger partial charge in [0.2, 0.25) is 5.91 Å². The highest BCUT2D eigenvalue weighted by Gasteiger charge is 2.26. The van der Waals surface area contributed by atoms with Crippen LogP contribution in [-0.4, -0.2) is 46.1 Å². The SMILES string of the molecule is CCCCCCCCCCCCC/C=C/CC/C=C/CCCC(O)C(O)C(CO)NC(=O)CCCCCCCCCCCCCCCCCCCCCCCCCCC. The fraction of sp³-hybridized carbons (Fsp3) is 0.907. The van der Waals surface area contributed by atoms with Crippen molar-refractivity contribution in [1.29, 1.82) is 0 Å². The van der Waals surface area contributed by atoms with E-state index in [4.69, 9.17) is 0 Å². The number of aliphatic hydroxyl groups excluding tert-OH is 3. The molecule has 0 heterocycles. The lowest BCUT2D eigenvalue weighted by atomic mass is 10.0. The normalized spacial score (nSPS) is 13.5. The molecule has 0 radical (unpaired) electrons. The van der Waals surface area contributed by atoms with Crippen molar-refractivity contribution in [2.75, 3.05) is 6.61 Å². The zero-order chi connectivity index (χ0) is 43.0. The first-order valence-corrected chi connectivity index (χ1v) is 26.6. The van der Waals surface area contributed by atoms with E-state index >= 15 is 0 Å². The largest absolute Gasteiger partial charge is 0.394 e. The van der Waals surface area contributed by atoms with Gasteiger partial charge in [0, 0.05) is 6.42 Å². The van der Waals surface area contributed by atoms with Crippen LogP contribution < -0.4 is 5.32 Å². The number of unbranched alkanes of at least 4 members (excludes halogenated alkanes) is 37. The van der Waals surface area contributed by atoms with E-state index in [-0.39, 0.29) is 12.5 Å². The summed E-state index contributed by atoms with van der Waals surface area (Å²) in [7, 11) is 0. The minimum atomic E-state index is -1.16. The third kappa shape index (κ3) is 44.7. The molecule has 0 rings (SSSR count). The Labute approximate surface area is 369 Å². The van der Waals surface area contributed by atoms with Crippen molar-refractivity contribution in [1.82, 2.24) is 5.32 Å². The molecule has 0 aliphatic heterocycles. The van der Waals surface area contributed by atoms with Crippen LogP contribution in [0.4, 0.5) is 0 Å². The second-order valence-corrected chi connectivity index (χ2v) is 18.4. The zero-order valence-electron chi connectivity index (χ0n) is 39.9. The van der Waals surface area contributed by atoms with Crippen LogP contribution in [0.3, 0.4) is 0 Å². The lowest BCUT2D eigenvalue weighted by Crippen LogP contribution is -2.50. The molecule has 4 N–H and O–H groups in total. The van der Waals surface area contributed by atoms with Crippen LogP contribution in [0.2, 0.25) is 0 Å². The van der Waals surface area contributed by atoms with E-state index < -0.39 is 18.2 Å². The van der Waals surface area contributed by atoms with Crippen molar-refractivity contribution in [2.45, 2.75) is 308 Å². The minimum absolute atomic E-state index is 0.153. The van der Waals surface area contributed by atoms with Crippen molar-refractivity contribution in [2.24, 2.45) is 0 Å². The molecule has 0 spiro atoms. The summed E-state index contributed by atoms with van der Waals surface area (Å²) in [6.45, 7) is 4.20. The Morgan fingerprint density at radius 3 is 1.03 bits per heavy atom. The van der Waals surface area contributed by atoms with Gasteiger partial charge in [-0.3, -0.25) is 4.79 Å². The van der Waals surface area contributed by atoms with Gasteiger partial charge in [-0.1, -0.05) is 256 Å². The van der Waals surface area contributed by atoms with E-state index in [1.165, 1.54) is 218 Å². The maximum absolute atomic E-state index is 12.5. The molecule has 0 aliphatic carbocycles. The Morgan fingerprint density at radius 2 is 0.695 bits per heavy atom. The monoisotopic (exact) mass is 832 g/mol. The Kier molecular flexibility index (Phi) is 48.5. The number of nitrogens with one attached hydrogen (secondary N) is 1. The maximum atomic E-state index is 12.5. The standard InChI is InChI=1S/C54H105NO4/c1-3-5-7-9-11-13-15-17-19-21-23-25-26-27-28-29-31-33-35-37-39-41-43-45-47-49-53(58)55-51(50-56)54(59)52(57)48-46-44-42-40-38-36-34-32-30-24-22-20-18-16-14-12-10-8-6-4-2/h32,34,40,42,51-52,54,56-57,59H,3-31,33,35-39,41,43-50H2,1-2H3,(H,55,58)/b34-32+,42-40+. The molecule has 5 heteroatoms. The first-order chi connectivity index (χ1) is 29.1. The molecule has 0 aromatic carbocycles. The average Bonchev–Trinajstić information content (AvgIpc) is 3.24. The number of rotatable bonds is 49. The Bertz CT molecular complexity index is 874. The van der Waals surface area contributed by atoms with Crippen molar-refractivity contribution in [3.05, 3.63) is 24.3 Å². The van der Waals surface area contributed by atoms with E-state index in [1.54, 1.807) is 0 Å². The number of allylic oxidation sites excluding steroid dienone is 4. The molecular weight excluding hydrogens is 727 g/mol. The predicted octanol–water partition coefficient (Wildman–Crippen LogP) is 16.1. The Hall–Kier alpha value is -1.17. The summed E-state index contributed by atoms with van der Waals surface area (Å²) in [5.74, 6) is -0.153. The van der Waals surface area contributed by atoms with Gasteiger partial charge in [0.25, 0.3) is 0 Å². The molecule has 59 heavy (non-hydrogen) atoms. The van der Waals surface area contributed by atoms with Gasteiger partial charge in [0.05, 0.1) is 18.8 Å². The number of carbonyl (C=O) groups excluding carboxylic acids is 1. The minimum Gasteiger partial charge on any atom is -0.394 e. The second-order valence-electron chi connectivity index (χ2n) is 18.4. The second kappa shape index (κ2) is 49.5. The van der Waals surface area contributed by atoms with Gasteiger partial charge in [-0.25, -0.2) is 0 Å². The third-order valence-corrected chi connectivity index (χ3v) is 12.5. The van der Waals surface area contributed by atoms with Crippen LogP contribution in [-0.2, 0) is 4.79 Å². The van der Waals surface area contributed by atoms with Crippen molar-refractivity contribution in [3.63, 3.8) is 0 Å². The summed E-state index contributed by atoms with van der Waals surface area (Å²) in [5.41, 5.74) is 0. The van der Waals surface area contributed by atoms with Crippen LogP contribution in [0.1, 0.15) is 290 Å². The molecule has 350 valence electrons. The lowest BCUT2D eigenvalue weighted by Gasteiger charge is -2.26. The average molecular weight is 832 g/mol. The fourth-order valence-electron chi connectivity index (χ4n) is 8.42. The summed E-state index contributed by atoms with van der Waals surface area (Å²) >= 11 is 0. The van der Waals surface area contributed by atoms with Crippen molar-refractivity contribution in [3.8, 4) is 0 Å². The topological polar surface area (TPSA) is 89.8 Å².